The molecule has 0 aliphatic rings. The molecule has 0 radical (unpaired) electrons. The molecular weight excluding hydrogens is 356 g/mol. The van der Waals surface area contributed by atoms with E-state index in [9.17, 15) is 15.2 Å². The van der Waals surface area contributed by atoms with Crippen molar-refractivity contribution in [3.05, 3.63) is 52.6 Å². The lowest BCUT2D eigenvalue weighted by Crippen LogP contribution is -2.13. The van der Waals surface area contributed by atoms with Crippen LogP contribution >= 0.6 is 11.6 Å². The van der Waals surface area contributed by atoms with Crippen molar-refractivity contribution in [3.8, 4) is 23.3 Å². The molecule has 2 aromatic rings. The van der Waals surface area contributed by atoms with E-state index in [1.54, 1.807) is 12.1 Å². The second kappa shape index (κ2) is 8.79. The second-order valence-corrected chi connectivity index (χ2v) is 5.54. The molecule has 0 saturated carbocycles. The molecule has 2 rings (SSSR count). The van der Waals surface area contributed by atoms with Crippen molar-refractivity contribution < 1.29 is 19.4 Å². The van der Waals surface area contributed by atoms with Gasteiger partial charge in [-0.15, -0.1) is 0 Å². The summed E-state index contributed by atoms with van der Waals surface area (Å²) in [6.45, 7) is 2.28. The van der Waals surface area contributed by atoms with E-state index in [1.807, 2.05) is 13.0 Å². The first-order valence-corrected chi connectivity index (χ1v) is 8.08. The highest BCUT2D eigenvalue weighted by Gasteiger charge is 2.14. The molecule has 0 bridgehead atoms. The molecule has 0 aromatic heterocycles. The van der Waals surface area contributed by atoms with Gasteiger partial charge in [0, 0.05) is 11.8 Å². The average molecular weight is 373 g/mol. The number of methoxy groups -OCH3 is 1. The van der Waals surface area contributed by atoms with Crippen molar-refractivity contribution in [1.82, 2.24) is 0 Å². The molecule has 0 fully saturated rings. The molecule has 0 unspecified atom stereocenters. The fourth-order valence-electron chi connectivity index (χ4n) is 2.14. The van der Waals surface area contributed by atoms with Crippen LogP contribution in [-0.2, 0) is 4.79 Å². The summed E-state index contributed by atoms with van der Waals surface area (Å²) >= 11 is 6.23. The zero-order valence-electron chi connectivity index (χ0n) is 14.2. The number of aromatic hydroxyl groups is 1. The van der Waals surface area contributed by atoms with E-state index in [0.717, 1.165) is 0 Å². The van der Waals surface area contributed by atoms with Gasteiger partial charge in [-0.3, -0.25) is 4.79 Å². The quantitative estimate of drug-likeness (QED) is 0.454. The lowest BCUT2D eigenvalue weighted by atomic mass is 10.1. The van der Waals surface area contributed by atoms with Crippen molar-refractivity contribution in [2.45, 2.75) is 6.92 Å². The predicted octanol–water partition coefficient (Wildman–Crippen LogP) is 4.00. The number of hydrogen-bond acceptors (Lipinski definition) is 5. The normalized spacial score (nSPS) is 10.8. The summed E-state index contributed by atoms with van der Waals surface area (Å²) in [6.07, 6.45) is 1.37. The first kappa shape index (κ1) is 19.2. The van der Waals surface area contributed by atoms with Gasteiger partial charge >= 0.3 is 0 Å². The molecule has 0 saturated heterocycles. The van der Waals surface area contributed by atoms with Crippen LogP contribution in [-0.4, -0.2) is 24.7 Å². The summed E-state index contributed by atoms with van der Waals surface area (Å²) in [7, 11) is 1.49. The summed E-state index contributed by atoms with van der Waals surface area (Å²) in [5.41, 5.74) is 0.764. The first-order valence-electron chi connectivity index (χ1n) is 7.71. The first-order chi connectivity index (χ1) is 12.5. The van der Waals surface area contributed by atoms with Crippen molar-refractivity contribution >= 4 is 29.3 Å². The number of nitrogens with one attached hydrogen (secondary N) is 1. The maximum Gasteiger partial charge on any atom is 0.266 e. The molecule has 0 atom stereocenters. The van der Waals surface area contributed by atoms with Gasteiger partial charge in [0.05, 0.1) is 18.7 Å². The highest BCUT2D eigenvalue weighted by molar-refractivity contribution is 6.32. The van der Waals surface area contributed by atoms with Gasteiger partial charge in [-0.25, -0.2) is 0 Å². The molecule has 0 aliphatic carbocycles. The topological polar surface area (TPSA) is 91.6 Å². The van der Waals surface area contributed by atoms with Crippen molar-refractivity contribution in [1.29, 1.82) is 5.26 Å². The van der Waals surface area contributed by atoms with Gasteiger partial charge in [0.2, 0.25) is 0 Å². The van der Waals surface area contributed by atoms with Crippen molar-refractivity contribution in [2.24, 2.45) is 0 Å². The number of carbonyl (C=O) groups excluding carboxylic acids is 1. The van der Waals surface area contributed by atoms with Gasteiger partial charge in [-0.1, -0.05) is 11.6 Å². The Morgan fingerprint density at radius 3 is 2.58 bits per heavy atom. The number of phenolic OH excluding ortho intramolecular Hbond substituents is 1. The monoisotopic (exact) mass is 372 g/mol. The number of nitrogens with zero attached hydrogens (tertiary/aromatic N) is 1. The van der Waals surface area contributed by atoms with Crippen molar-refractivity contribution in [3.63, 3.8) is 0 Å². The second-order valence-electron chi connectivity index (χ2n) is 5.13. The number of rotatable bonds is 6. The van der Waals surface area contributed by atoms with Crippen LogP contribution in [0.25, 0.3) is 6.08 Å². The number of phenols is 1. The van der Waals surface area contributed by atoms with Gasteiger partial charge in [-0.05, 0) is 48.9 Å². The lowest BCUT2D eigenvalue weighted by molar-refractivity contribution is -0.112. The fraction of sp³-hybridized carbons (Fsp3) is 0.158. The fourth-order valence-corrected chi connectivity index (χ4v) is 2.34. The smallest absolute Gasteiger partial charge is 0.266 e. The number of carbonyl (C=O) groups is 1. The Bertz CT molecular complexity index is 870. The average Bonchev–Trinajstić information content (AvgIpc) is 2.63. The standard InChI is InChI=1S/C19H17ClN2O4/c1-3-26-18-10-16(20)12(9-17(18)25-2)8-13(11-21)19(24)22-14-4-6-15(23)7-5-14/h4-10,23H,3H2,1-2H3,(H,22,24)/b13-8+. The molecular formula is C19H17ClN2O4. The van der Waals surface area contributed by atoms with Crippen LogP contribution in [0.4, 0.5) is 5.69 Å². The summed E-state index contributed by atoms with van der Waals surface area (Å²) in [5.74, 6) is 0.400. The zero-order valence-corrected chi connectivity index (χ0v) is 15.0. The zero-order chi connectivity index (χ0) is 19.1. The van der Waals surface area contributed by atoms with Crippen LogP contribution in [0, 0.1) is 11.3 Å². The van der Waals surface area contributed by atoms with Crippen LogP contribution in [0.1, 0.15) is 12.5 Å². The molecule has 2 N–H and O–H groups in total. The van der Waals surface area contributed by atoms with Gasteiger partial charge < -0.3 is 19.9 Å². The molecule has 26 heavy (non-hydrogen) atoms. The number of benzene rings is 2. The van der Waals surface area contributed by atoms with Gasteiger partial charge in [0.15, 0.2) is 11.5 Å². The molecule has 2 aromatic carbocycles. The van der Waals surface area contributed by atoms with Crippen LogP contribution in [0.5, 0.6) is 17.2 Å². The third-order valence-corrected chi connectivity index (χ3v) is 3.70. The number of amides is 1. The largest absolute Gasteiger partial charge is 0.508 e. The number of hydrogen-bond donors (Lipinski definition) is 2. The van der Waals surface area contributed by atoms with Crippen LogP contribution in [0.15, 0.2) is 42.0 Å². The van der Waals surface area contributed by atoms with Crippen molar-refractivity contribution in [2.75, 3.05) is 19.0 Å². The minimum absolute atomic E-state index is 0.0762. The highest BCUT2D eigenvalue weighted by Crippen LogP contribution is 2.34. The summed E-state index contributed by atoms with van der Waals surface area (Å²) in [4.78, 5) is 12.3. The van der Waals surface area contributed by atoms with E-state index in [2.05, 4.69) is 5.32 Å². The van der Waals surface area contributed by atoms with E-state index in [4.69, 9.17) is 21.1 Å². The summed E-state index contributed by atoms with van der Waals surface area (Å²) < 4.78 is 10.7. The maximum atomic E-state index is 12.3. The number of halogens is 1. The molecule has 134 valence electrons. The summed E-state index contributed by atoms with van der Waals surface area (Å²) in [6, 6.07) is 10.9. The molecule has 1 amide bonds. The minimum Gasteiger partial charge on any atom is -0.508 e. The Kier molecular flexibility index (Phi) is 6.48. The van der Waals surface area contributed by atoms with E-state index in [0.29, 0.717) is 34.4 Å². The third kappa shape index (κ3) is 4.68. The molecule has 7 heteroatoms. The van der Waals surface area contributed by atoms with E-state index in [1.165, 1.54) is 37.5 Å². The Balaban J connectivity index is 2.31. The minimum atomic E-state index is -0.595. The molecule has 6 nitrogen and oxygen atoms in total. The van der Waals surface area contributed by atoms with Crippen LogP contribution < -0.4 is 14.8 Å². The Morgan fingerprint density at radius 1 is 1.31 bits per heavy atom. The summed E-state index contributed by atoms with van der Waals surface area (Å²) in [5, 5.41) is 21.5. The van der Waals surface area contributed by atoms with E-state index >= 15 is 0 Å². The highest BCUT2D eigenvalue weighted by atomic mass is 35.5. The Hall–Kier alpha value is -3.17. The molecule has 0 aliphatic heterocycles. The lowest BCUT2D eigenvalue weighted by Gasteiger charge is -2.11. The van der Waals surface area contributed by atoms with E-state index in [-0.39, 0.29) is 11.3 Å². The van der Waals surface area contributed by atoms with Gasteiger partial charge in [0.25, 0.3) is 5.91 Å². The number of nitriles is 1. The third-order valence-electron chi connectivity index (χ3n) is 3.37. The van der Waals surface area contributed by atoms with E-state index < -0.39 is 5.91 Å². The Labute approximate surface area is 156 Å². The number of anilines is 1. The molecule has 0 spiro atoms. The van der Waals surface area contributed by atoms with Gasteiger partial charge in [0.1, 0.15) is 17.4 Å². The SMILES string of the molecule is CCOc1cc(Cl)c(/C=C(\C#N)C(=O)Nc2ccc(O)cc2)cc1OC. The molecule has 0 heterocycles. The van der Waals surface area contributed by atoms with Crippen LogP contribution in [0.3, 0.4) is 0 Å². The predicted molar refractivity (Wildman–Crippen MR) is 99.5 cm³/mol. The Morgan fingerprint density at radius 2 is 2.00 bits per heavy atom. The van der Waals surface area contributed by atoms with Crippen LogP contribution in [0.2, 0.25) is 5.02 Å². The number of ether oxygens (including phenoxy) is 2. The maximum absolute atomic E-state index is 12.3. The van der Waals surface area contributed by atoms with Gasteiger partial charge in [-0.2, -0.15) is 5.26 Å².